The number of carbonyl (C=O) groups excluding carboxylic acids is 1. The maximum absolute atomic E-state index is 12.4. The number of anilines is 3. The molecule has 0 aliphatic heterocycles. The number of nitrogen functional groups attached to an aromatic ring is 2. The summed E-state index contributed by atoms with van der Waals surface area (Å²) >= 11 is -1.86. The number of nitrogens with two attached hydrogens (primary N) is 2. The van der Waals surface area contributed by atoms with Crippen molar-refractivity contribution in [3.05, 3.63) is 66.0 Å². The summed E-state index contributed by atoms with van der Waals surface area (Å²) < 4.78 is 18.0. The Morgan fingerprint density at radius 1 is 1.07 bits per heavy atom. The van der Waals surface area contributed by atoms with Gasteiger partial charge in [-0.25, -0.2) is 9.97 Å². The number of aromatic nitrogens is 2. The van der Waals surface area contributed by atoms with E-state index in [0.29, 0.717) is 17.1 Å². The Hall–Kier alpha value is -3.30. The van der Waals surface area contributed by atoms with Crippen molar-refractivity contribution in [2.75, 3.05) is 23.0 Å². The van der Waals surface area contributed by atoms with Crippen LogP contribution < -0.4 is 16.8 Å². The first-order chi connectivity index (χ1) is 13.3. The molecule has 0 bridgehead atoms. The molecule has 9 heteroatoms. The predicted molar refractivity (Wildman–Crippen MR) is 110 cm³/mol. The van der Waals surface area contributed by atoms with Gasteiger partial charge in [0.2, 0.25) is 0 Å². The minimum absolute atomic E-state index is 0.0822. The molecule has 146 valence electrons. The van der Waals surface area contributed by atoms with Gasteiger partial charge in [-0.15, -0.1) is 0 Å². The first kappa shape index (κ1) is 21.0. The third kappa shape index (κ3) is 6.15. The van der Waals surface area contributed by atoms with Crippen molar-refractivity contribution in [1.82, 2.24) is 9.97 Å². The first-order valence-corrected chi connectivity index (χ1v) is 9.62. The third-order valence-electron chi connectivity index (χ3n) is 3.53. The molecular weight excluding hydrogens is 378 g/mol. The lowest BCUT2D eigenvalue weighted by Gasteiger charge is -2.09. The monoisotopic (exact) mass is 398 g/mol. The van der Waals surface area contributed by atoms with E-state index in [9.17, 15) is 4.79 Å². The normalized spacial score (nSPS) is 11.1. The Bertz CT molecular complexity index is 972. The number of rotatable bonds is 3. The molecule has 0 radical (unpaired) electrons. The average molecular weight is 398 g/mol. The molecule has 3 aromatic rings. The summed E-state index contributed by atoms with van der Waals surface area (Å²) in [6, 6.07) is 14.6. The van der Waals surface area contributed by atoms with Crippen molar-refractivity contribution >= 4 is 34.2 Å². The molecule has 0 aliphatic carbocycles. The standard InChI is InChI=1S/C18H17N5O.CH4O2S/c1-11-2-4-12(5-3-11)15-10-21-17(20)16(23-15)18(24)22-14-8-6-13(19)7-9-14;1-4(2)3/h2-10H,19H2,1H3,(H2,20,21)(H,22,24);1H3,(H,2,3)/p-1. The van der Waals surface area contributed by atoms with E-state index in [1.807, 2.05) is 31.2 Å². The Morgan fingerprint density at radius 2 is 1.64 bits per heavy atom. The van der Waals surface area contributed by atoms with Gasteiger partial charge in [-0.3, -0.25) is 9.00 Å². The Kier molecular flexibility index (Phi) is 7.19. The fraction of sp³-hybridized carbons (Fsp3) is 0.105. The molecule has 1 aromatic heterocycles. The van der Waals surface area contributed by atoms with Crippen LogP contribution in [0.1, 0.15) is 16.1 Å². The molecule has 0 spiro atoms. The fourth-order valence-electron chi connectivity index (χ4n) is 2.19. The highest BCUT2D eigenvalue weighted by atomic mass is 32.2. The molecule has 0 aliphatic rings. The van der Waals surface area contributed by atoms with Crippen LogP contribution >= 0.6 is 0 Å². The van der Waals surface area contributed by atoms with Gasteiger partial charge in [-0.2, -0.15) is 0 Å². The molecule has 1 unspecified atom stereocenters. The summed E-state index contributed by atoms with van der Waals surface area (Å²) in [7, 11) is 0. The highest BCUT2D eigenvalue weighted by Gasteiger charge is 2.15. The van der Waals surface area contributed by atoms with Crippen LogP contribution in [0.25, 0.3) is 11.3 Å². The van der Waals surface area contributed by atoms with Crippen molar-refractivity contribution < 1.29 is 13.6 Å². The van der Waals surface area contributed by atoms with E-state index >= 15 is 0 Å². The Morgan fingerprint density at radius 3 is 2.21 bits per heavy atom. The summed E-state index contributed by atoms with van der Waals surface area (Å²) in [5.74, 6) is -0.336. The zero-order valence-electron chi connectivity index (χ0n) is 15.4. The summed E-state index contributed by atoms with van der Waals surface area (Å²) in [5.41, 5.74) is 15.4. The first-order valence-electron chi connectivity index (χ1n) is 8.13. The van der Waals surface area contributed by atoms with Gasteiger partial charge in [0, 0.05) is 16.9 Å². The van der Waals surface area contributed by atoms with Gasteiger partial charge < -0.3 is 21.3 Å². The maximum atomic E-state index is 12.4. The quantitative estimate of drug-likeness (QED) is 0.453. The SMILES string of the molecule is CS(=O)[O-].Cc1ccc(-c2cnc(N)c(C(=O)Nc3ccc(N)cc3)n2)cc1. The lowest BCUT2D eigenvalue weighted by atomic mass is 10.1. The van der Waals surface area contributed by atoms with Gasteiger partial charge in [0.15, 0.2) is 11.5 Å². The minimum Gasteiger partial charge on any atom is -0.773 e. The van der Waals surface area contributed by atoms with Crippen molar-refractivity contribution in [3.63, 3.8) is 0 Å². The van der Waals surface area contributed by atoms with E-state index in [1.165, 1.54) is 0 Å². The van der Waals surface area contributed by atoms with E-state index in [-0.39, 0.29) is 11.5 Å². The van der Waals surface area contributed by atoms with Gasteiger partial charge in [0.25, 0.3) is 5.91 Å². The summed E-state index contributed by atoms with van der Waals surface area (Å²) in [6.07, 6.45) is 2.64. The number of carbonyl (C=O) groups is 1. The van der Waals surface area contributed by atoms with Crippen molar-refractivity contribution in [2.24, 2.45) is 0 Å². The number of benzene rings is 2. The molecule has 8 nitrogen and oxygen atoms in total. The molecule has 0 fully saturated rings. The number of nitrogens with zero attached hydrogens (tertiary/aromatic N) is 2. The summed E-state index contributed by atoms with van der Waals surface area (Å²) in [5, 5.41) is 2.74. The van der Waals surface area contributed by atoms with Crippen LogP contribution in [0.5, 0.6) is 0 Å². The smallest absolute Gasteiger partial charge is 0.278 e. The lowest BCUT2D eigenvalue weighted by Crippen LogP contribution is -2.17. The fourth-order valence-corrected chi connectivity index (χ4v) is 2.19. The molecule has 2 aromatic carbocycles. The van der Waals surface area contributed by atoms with Gasteiger partial charge in [0.1, 0.15) is 0 Å². The van der Waals surface area contributed by atoms with E-state index in [0.717, 1.165) is 17.4 Å². The average Bonchev–Trinajstić information content (AvgIpc) is 2.64. The molecule has 1 heterocycles. The minimum atomic E-state index is -1.86. The molecule has 1 atom stereocenters. The van der Waals surface area contributed by atoms with Crippen LogP contribution in [0.3, 0.4) is 0 Å². The summed E-state index contributed by atoms with van der Waals surface area (Å²) in [6.45, 7) is 2.00. The van der Waals surface area contributed by atoms with Crippen LogP contribution in [0, 0.1) is 6.92 Å². The molecule has 5 N–H and O–H groups in total. The number of aryl methyl sites for hydroxylation is 1. The van der Waals surface area contributed by atoms with Gasteiger partial charge in [-0.1, -0.05) is 40.9 Å². The molecule has 28 heavy (non-hydrogen) atoms. The van der Waals surface area contributed by atoms with E-state index < -0.39 is 17.0 Å². The van der Waals surface area contributed by atoms with Gasteiger partial charge in [-0.05, 0) is 37.4 Å². The zero-order valence-corrected chi connectivity index (χ0v) is 16.2. The van der Waals surface area contributed by atoms with E-state index in [4.69, 9.17) is 20.2 Å². The van der Waals surface area contributed by atoms with Crippen molar-refractivity contribution in [3.8, 4) is 11.3 Å². The predicted octanol–water partition coefficient (Wildman–Crippen LogP) is 2.36. The number of hydrogen-bond donors (Lipinski definition) is 3. The molecule has 3 rings (SSSR count). The van der Waals surface area contributed by atoms with Crippen LogP contribution in [-0.2, 0) is 11.1 Å². The summed E-state index contributed by atoms with van der Waals surface area (Å²) in [4.78, 5) is 20.9. The van der Waals surface area contributed by atoms with Crippen LogP contribution in [0.2, 0.25) is 0 Å². The van der Waals surface area contributed by atoms with Gasteiger partial charge in [0.05, 0.1) is 11.9 Å². The van der Waals surface area contributed by atoms with Crippen LogP contribution in [0.15, 0.2) is 54.7 Å². The second-order valence-corrected chi connectivity index (χ2v) is 6.64. The largest absolute Gasteiger partial charge is 0.773 e. The van der Waals surface area contributed by atoms with E-state index in [1.54, 1.807) is 30.5 Å². The second kappa shape index (κ2) is 9.58. The van der Waals surface area contributed by atoms with Gasteiger partial charge >= 0.3 is 0 Å². The molecule has 1 amide bonds. The molecule has 0 saturated carbocycles. The van der Waals surface area contributed by atoms with Crippen LogP contribution in [0.4, 0.5) is 17.2 Å². The number of nitrogens with one attached hydrogen (secondary N) is 1. The molecule has 0 saturated heterocycles. The zero-order chi connectivity index (χ0) is 20.7. The highest BCUT2D eigenvalue weighted by molar-refractivity contribution is 7.78. The van der Waals surface area contributed by atoms with Crippen molar-refractivity contribution in [2.45, 2.75) is 6.92 Å². The Balaban J connectivity index is 0.000000640. The maximum Gasteiger partial charge on any atom is 0.278 e. The van der Waals surface area contributed by atoms with E-state index in [2.05, 4.69) is 15.3 Å². The second-order valence-electron chi connectivity index (χ2n) is 5.83. The van der Waals surface area contributed by atoms with Crippen molar-refractivity contribution in [1.29, 1.82) is 0 Å². The topological polar surface area (TPSA) is 147 Å². The lowest BCUT2D eigenvalue weighted by molar-refractivity contribution is 0.102. The Labute approximate surface area is 165 Å². The number of hydrogen-bond acceptors (Lipinski definition) is 7. The highest BCUT2D eigenvalue weighted by Crippen LogP contribution is 2.20. The molecular formula is C19H20N5O3S-. The number of amides is 1. The third-order valence-corrected chi connectivity index (χ3v) is 3.53. The van der Waals surface area contributed by atoms with Crippen LogP contribution in [-0.4, -0.2) is 30.9 Å².